The molecule has 0 spiro atoms. The molecule has 0 atom stereocenters. The van der Waals surface area contributed by atoms with E-state index in [9.17, 15) is 9.13 Å². The number of hydrogen-bond donors (Lipinski definition) is 0. The van der Waals surface area contributed by atoms with Gasteiger partial charge in [0.2, 0.25) is 0 Å². The minimum absolute atomic E-state index is 0.623. The minimum Gasteiger partial charge on any atom is -0.282 e. The summed E-state index contributed by atoms with van der Waals surface area (Å²) in [5.41, 5.74) is 3.55. The molecule has 4 aromatic rings. The van der Waals surface area contributed by atoms with Crippen molar-refractivity contribution in [1.82, 2.24) is 0 Å². The highest BCUT2D eigenvalue weighted by molar-refractivity contribution is 7.87. The molecule has 29 heavy (non-hydrogen) atoms. The normalized spacial score (nSPS) is 16.6. The zero-order valence-electron chi connectivity index (χ0n) is 15.4. The summed E-state index contributed by atoms with van der Waals surface area (Å²) in [7, 11) is -7.08. The van der Waals surface area contributed by atoms with Gasteiger partial charge in [-0.05, 0) is 46.5 Å². The molecule has 2 aliphatic heterocycles. The van der Waals surface area contributed by atoms with Gasteiger partial charge in [-0.3, -0.25) is 13.4 Å². The summed E-state index contributed by atoms with van der Waals surface area (Å²) in [6, 6.07) is 30.2. The van der Waals surface area contributed by atoms with Gasteiger partial charge in [0.25, 0.3) is 14.7 Å². The van der Waals surface area contributed by atoms with E-state index in [1.54, 1.807) is 0 Å². The van der Waals surface area contributed by atoms with Crippen molar-refractivity contribution in [3.05, 3.63) is 97.1 Å². The van der Waals surface area contributed by atoms with Crippen LogP contribution in [0, 0.1) is 0 Å². The van der Waals surface area contributed by atoms with Crippen LogP contribution in [0.25, 0.3) is 22.3 Å². The summed E-state index contributed by atoms with van der Waals surface area (Å²) in [6.07, 6.45) is 0. The van der Waals surface area contributed by atoms with Crippen LogP contribution in [0.1, 0.15) is 0 Å². The summed E-state index contributed by atoms with van der Waals surface area (Å²) in [5.74, 6) is 0. The lowest BCUT2D eigenvalue weighted by atomic mass is 10.1. The number of rotatable bonds is 2. The third-order valence-corrected chi connectivity index (χ3v) is 11.6. The van der Waals surface area contributed by atoms with Crippen LogP contribution in [0.3, 0.4) is 0 Å². The number of fused-ring (bicyclic) bond motifs is 6. The molecule has 3 nitrogen and oxygen atoms in total. The van der Waals surface area contributed by atoms with Crippen molar-refractivity contribution < 1.29 is 13.4 Å². The molecule has 0 aromatic heterocycles. The van der Waals surface area contributed by atoms with Crippen molar-refractivity contribution >= 4 is 36.0 Å². The van der Waals surface area contributed by atoms with Gasteiger partial charge >= 0.3 is 0 Å². The average Bonchev–Trinajstić information content (AvgIpc) is 3.17. The van der Waals surface area contributed by atoms with E-state index < -0.39 is 14.7 Å². The molecule has 0 amide bonds. The second-order valence-corrected chi connectivity index (χ2v) is 12.0. The summed E-state index contributed by atoms with van der Waals surface area (Å²) in [6.45, 7) is 0. The fourth-order valence-electron chi connectivity index (χ4n) is 4.43. The molecule has 6 rings (SSSR count). The van der Waals surface area contributed by atoms with Crippen LogP contribution in [0.5, 0.6) is 0 Å². The van der Waals surface area contributed by atoms with Crippen molar-refractivity contribution in [1.29, 1.82) is 0 Å². The molecule has 0 saturated carbocycles. The minimum atomic E-state index is -3.54. The number of benzene rings is 4. The molecule has 0 N–H and O–H groups in total. The Bertz CT molecular complexity index is 1200. The third kappa shape index (κ3) is 2.18. The summed E-state index contributed by atoms with van der Waals surface area (Å²) in [4.78, 5) is 0. The Morgan fingerprint density at radius 2 is 0.655 bits per heavy atom. The average molecular weight is 414 g/mol. The van der Waals surface area contributed by atoms with Crippen LogP contribution in [0.2, 0.25) is 0 Å². The van der Waals surface area contributed by atoms with Gasteiger partial charge in [-0.2, -0.15) is 0 Å². The molecule has 0 radical (unpaired) electrons. The Balaban J connectivity index is 1.63. The van der Waals surface area contributed by atoms with Crippen LogP contribution in [-0.4, -0.2) is 0 Å². The van der Waals surface area contributed by atoms with E-state index in [2.05, 4.69) is 0 Å². The monoisotopic (exact) mass is 414 g/mol. The van der Waals surface area contributed by atoms with E-state index in [1.807, 2.05) is 97.1 Å². The van der Waals surface area contributed by atoms with Gasteiger partial charge in [-0.25, -0.2) is 0 Å². The van der Waals surface area contributed by atoms with E-state index in [4.69, 9.17) is 4.31 Å². The topological polar surface area (TPSA) is 43.4 Å². The van der Waals surface area contributed by atoms with Crippen molar-refractivity contribution in [2.45, 2.75) is 0 Å². The predicted octanol–water partition coefficient (Wildman–Crippen LogP) is 4.82. The van der Waals surface area contributed by atoms with Crippen molar-refractivity contribution in [2.75, 3.05) is 0 Å². The highest BCUT2D eigenvalue weighted by atomic mass is 31.2. The molecular weight excluding hydrogens is 398 g/mol. The second-order valence-electron chi connectivity index (χ2n) is 7.25. The standard InChI is InChI=1S/C24H16O3P2/c25-28(21-13-5-1-9-17(21)18-10-2-6-14-22(18)28)27-29(26)23-15-7-3-11-19(23)20-12-4-8-16-24(20)29/h1-16H. The zero-order valence-corrected chi connectivity index (χ0v) is 17.1. The Hall–Kier alpha value is -2.70. The summed E-state index contributed by atoms with van der Waals surface area (Å²) in [5, 5.41) is 2.49. The highest BCUT2D eigenvalue weighted by Gasteiger charge is 2.49. The first kappa shape index (κ1) is 17.2. The van der Waals surface area contributed by atoms with Gasteiger partial charge in [-0.1, -0.05) is 72.8 Å². The third-order valence-electron chi connectivity index (χ3n) is 5.70. The van der Waals surface area contributed by atoms with Crippen molar-refractivity contribution in [3.63, 3.8) is 0 Å². The van der Waals surface area contributed by atoms with Gasteiger partial charge < -0.3 is 0 Å². The second kappa shape index (κ2) is 5.90. The molecule has 0 aliphatic carbocycles. The maximum Gasteiger partial charge on any atom is 0.268 e. The zero-order chi connectivity index (χ0) is 19.6. The van der Waals surface area contributed by atoms with Crippen LogP contribution in [0.4, 0.5) is 0 Å². The fraction of sp³-hybridized carbons (Fsp3) is 0. The Kier molecular flexibility index (Phi) is 3.50. The molecule has 4 aromatic carbocycles. The van der Waals surface area contributed by atoms with Crippen LogP contribution in [0.15, 0.2) is 97.1 Å². The van der Waals surface area contributed by atoms with Gasteiger partial charge in [0.05, 0.1) is 0 Å². The molecule has 0 fully saturated rings. The largest absolute Gasteiger partial charge is 0.282 e. The molecule has 2 heterocycles. The SMILES string of the molecule is O=P1(OP2(=O)c3ccccc3-c3ccccc32)c2ccccc2-c2ccccc21. The van der Waals surface area contributed by atoms with Gasteiger partial charge in [0.15, 0.2) is 0 Å². The molecule has 140 valence electrons. The maximum absolute atomic E-state index is 14.4. The predicted molar refractivity (Wildman–Crippen MR) is 119 cm³/mol. The Morgan fingerprint density at radius 3 is 0.931 bits per heavy atom. The quantitative estimate of drug-likeness (QED) is 0.442. The first-order valence-electron chi connectivity index (χ1n) is 9.43. The lowest BCUT2D eigenvalue weighted by molar-refractivity contribution is 0.486. The van der Waals surface area contributed by atoms with Crippen molar-refractivity contribution in [3.8, 4) is 22.3 Å². The lowest BCUT2D eigenvalue weighted by Gasteiger charge is -2.22. The Morgan fingerprint density at radius 1 is 0.414 bits per heavy atom. The molecule has 0 saturated heterocycles. The number of hydrogen-bond acceptors (Lipinski definition) is 3. The summed E-state index contributed by atoms with van der Waals surface area (Å²) >= 11 is 0. The molecule has 0 bridgehead atoms. The van der Waals surface area contributed by atoms with Gasteiger partial charge in [-0.15, -0.1) is 0 Å². The van der Waals surface area contributed by atoms with Crippen LogP contribution in [-0.2, 0) is 13.4 Å². The molecule has 5 heteroatoms. The van der Waals surface area contributed by atoms with Crippen LogP contribution < -0.4 is 21.2 Å². The van der Waals surface area contributed by atoms with Gasteiger partial charge in [0, 0.05) is 21.2 Å². The molecule has 2 aliphatic rings. The smallest absolute Gasteiger partial charge is 0.268 e. The first-order chi connectivity index (χ1) is 14.1. The van der Waals surface area contributed by atoms with E-state index in [-0.39, 0.29) is 0 Å². The molecular formula is C24H16O3P2. The van der Waals surface area contributed by atoms with Gasteiger partial charge in [0.1, 0.15) is 0 Å². The first-order valence-corrected chi connectivity index (χ1v) is 12.7. The molecule has 0 unspecified atom stereocenters. The summed E-state index contributed by atoms with van der Waals surface area (Å²) < 4.78 is 35.3. The van der Waals surface area contributed by atoms with E-state index in [0.29, 0.717) is 21.2 Å². The maximum atomic E-state index is 14.4. The van der Waals surface area contributed by atoms with Crippen LogP contribution >= 0.6 is 14.7 Å². The lowest BCUT2D eigenvalue weighted by Crippen LogP contribution is -2.18. The fourth-order valence-corrected chi connectivity index (χ4v) is 10.8. The Labute approximate surface area is 168 Å². The van der Waals surface area contributed by atoms with E-state index in [1.165, 1.54) is 0 Å². The highest BCUT2D eigenvalue weighted by Crippen LogP contribution is 2.67. The van der Waals surface area contributed by atoms with Crippen molar-refractivity contribution in [2.24, 2.45) is 0 Å². The van der Waals surface area contributed by atoms with E-state index in [0.717, 1.165) is 22.3 Å². The van der Waals surface area contributed by atoms with E-state index >= 15 is 0 Å².